The zero-order valence-electron chi connectivity index (χ0n) is 12.5. The van der Waals surface area contributed by atoms with Gasteiger partial charge in [-0.3, -0.25) is 0 Å². The Morgan fingerprint density at radius 3 is 2.77 bits per heavy atom. The molecule has 1 atom stereocenters. The van der Waals surface area contributed by atoms with Crippen molar-refractivity contribution in [2.24, 2.45) is 0 Å². The van der Waals surface area contributed by atoms with Crippen LogP contribution in [0.2, 0.25) is 5.02 Å². The Morgan fingerprint density at radius 1 is 1.23 bits per heavy atom. The molecule has 0 radical (unpaired) electrons. The van der Waals surface area contributed by atoms with E-state index in [0.29, 0.717) is 11.6 Å². The number of benzene rings is 1. The Kier molecular flexibility index (Phi) is 4.15. The van der Waals surface area contributed by atoms with Crippen LogP contribution in [0.15, 0.2) is 42.9 Å². The summed E-state index contributed by atoms with van der Waals surface area (Å²) in [6, 6.07) is 9.50. The Labute approximate surface area is 133 Å². The van der Waals surface area contributed by atoms with Crippen LogP contribution in [0.5, 0.6) is 5.75 Å². The highest BCUT2D eigenvalue weighted by atomic mass is 35.5. The predicted molar refractivity (Wildman–Crippen MR) is 88.7 cm³/mol. The summed E-state index contributed by atoms with van der Waals surface area (Å²) in [4.78, 5) is 13.8. The summed E-state index contributed by atoms with van der Waals surface area (Å²) in [5.41, 5.74) is 0.836. The van der Waals surface area contributed by atoms with E-state index in [-0.39, 0.29) is 6.04 Å². The standard InChI is InChI=1S/C16H17ClN4O/c1-11(9-22-13-5-3-12(17)4-6-13)21(2)16-14-7-8-18-15(14)19-10-20-16/h3-8,10-11H,9H2,1-2H3,(H,18,19,20). The highest BCUT2D eigenvalue weighted by Gasteiger charge is 2.15. The molecule has 22 heavy (non-hydrogen) atoms. The molecule has 0 bridgehead atoms. The van der Waals surface area contributed by atoms with Gasteiger partial charge in [0.2, 0.25) is 0 Å². The fraction of sp³-hybridized carbons (Fsp3) is 0.250. The zero-order valence-corrected chi connectivity index (χ0v) is 13.2. The van der Waals surface area contributed by atoms with Crippen molar-refractivity contribution in [2.45, 2.75) is 13.0 Å². The SMILES string of the molecule is CC(COc1ccc(Cl)cc1)N(C)c1ncnc2[nH]ccc12. The van der Waals surface area contributed by atoms with Gasteiger partial charge < -0.3 is 14.6 Å². The molecule has 2 aromatic heterocycles. The van der Waals surface area contributed by atoms with Gasteiger partial charge in [0.15, 0.2) is 0 Å². The van der Waals surface area contributed by atoms with Gasteiger partial charge in [-0.1, -0.05) is 11.6 Å². The van der Waals surface area contributed by atoms with Crippen LogP contribution < -0.4 is 9.64 Å². The van der Waals surface area contributed by atoms with Crippen LogP contribution in [0.3, 0.4) is 0 Å². The van der Waals surface area contributed by atoms with Gasteiger partial charge in [0.1, 0.15) is 30.1 Å². The van der Waals surface area contributed by atoms with E-state index >= 15 is 0 Å². The third-order valence-corrected chi connectivity index (χ3v) is 3.88. The molecule has 0 amide bonds. The maximum absolute atomic E-state index is 5.87. The second-order valence-corrected chi connectivity index (χ2v) is 5.60. The van der Waals surface area contributed by atoms with Crippen molar-refractivity contribution in [2.75, 3.05) is 18.6 Å². The lowest BCUT2D eigenvalue weighted by molar-refractivity contribution is 0.292. The Bertz CT molecular complexity index is 756. The molecule has 0 aliphatic rings. The molecule has 5 nitrogen and oxygen atoms in total. The van der Waals surface area contributed by atoms with Crippen LogP contribution in [-0.4, -0.2) is 34.6 Å². The number of nitrogens with one attached hydrogen (secondary N) is 1. The number of anilines is 1. The first kappa shape index (κ1) is 14.7. The number of ether oxygens (including phenoxy) is 1. The maximum atomic E-state index is 5.87. The molecule has 0 aliphatic carbocycles. The molecule has 0 spiro atoms. The molecule has 1 unspecified atom stereocenters. The summed E-state index contributed by atoms with van der Waals surface area (Å²) in [6.07, 6.45) is 3.43. The third-order valence-electron chi connectivity index (χ3n) is 3.63. The van der Waals surface area contributed by atoms with Crippen molar-refractivity contribution in [3.8, 4) is 5.75 Å². The van der Waals surface area contributed by atoms with E-state index in [1.165, 1.54) is 0 Å². The van der Waals surface area contributed by atoms with Gasteiger partial charge in [-0.15, -0.1) is 0 Å². The van der Waals surface area contributed by atoms with Crippen molar-refractivity contribution < 1.29 is 4.74 Å². The quantitative estimate of drug-likeness (QED) is 0.782. The van der Waals surface area contributed by atoms with E-state index < -0.39 is 0 Å². The van der Waals surface area contributed by atoms with E-state index in [1.54, 1.807) is 6.33 Å². The summed E-state index contributed by atoms with van der Waals surface area (Å²) in [5, 5.41) is 1.71. The van der Waals surface area contributed by atoms with Crippen molar-refractivity contribution >= 4 is 28.5 Å². The van der Waals surface area contributed by atoms with Gasteiger partial charge in [-0.2, -0.15) is 0 Å². The van der Waals surface area contributed by atoms with Crippen LogP contribution in [0, 0.1) is 0 Å². The van der Waals surface area contributed by atoms with Gasteiger partial charge in [0.25, 0.3) is 0 Å². The van der Waals surface area contributed by atoms with E-state index in [2.05, 4.69) is 26.8 Å². The molecule has 2 heterocycles. The molecule has 3 rings (SSSR count). The first-order chi connectivity index (χ1) is 10.6. The molecule has 1 aromatic carbocycles. The third kappa shape index (κ3) is 2.99. The summed E-state index contributed by atoms with van der Waals surface area (Å²) >= 11 is 5.87. The second-order valence-electron chi connectivity index (χ2n) is 5.16. The van der Waals surface area contributed by atoms with E-state index in [0.717, 1.165) is 22.6 Å². The number of halogens is 1. The molecule has 114 valence electrons. The molecule has 0 aliphatic heterocycles. The molecule has 0 saturated heterocycles. The van der Waals surface area contributed by atoms with Crippen molar-refractivity contribution in [1.29, 1.82) is 0 Å². The second kappa shape index (κ2) is 6.23. The lowest BCUT2D eigenvalue weighted by atomic mass is 10.2. The number of rotatable bonds is 5. The topological polar surface area (TPSA) is 54.0 Å². The van der Waals surface area contributed by atoms with Crippen LogP contribution in [0.1, 0.15) is 6.92 Å². The highest BCUT2D eigenvalue weighted by Crippen LogP contribution is 2.23. The number of aromatic amines is 1. The number of fused-ring (bicyclic) bond motifs is 1. The van der Waals surface area contributed by atoms with Gasteiger partial charge in [0.05, 0.1) is 11.4 Å². The number of likely N-dealkylation sites (N-methyl/N-ethyl adjacent to an activating group) is 1. The van der Waals surface area contributed by atoms with Crippen LogP contribution in [0.4, 0.5) is 5.82 Å². The zero-order chi connectivity index (χ0) is 15.5. The van der Waals surface area contributed by atoms with Gasteiger partial charge in [-0.25, -0.2) is 9.97 Å². The molecule has 6 heteroatoms. The van der Waals surface area contributed by atoms with Gasteiger partial charge >= 0.3 is 0 Å². The normalized spacial score (nSPS) is 12.3. The molecule has 0 fully saturated rings. The minimum absolute atomic E-state index is 0.156. The minimum atomic E-state index is 0.156. The number of aromatic nitrogens is 3. The average Bonchev–Trinajstić information content (AvgIpc) is 3.02. The number of H-pyrrole nitrogens is 1. The largest absolute Gasteiger partial charge is 0.491 e. The average molecular weight is 317 g/mol. The molecule has 1 N–H and O–H groups in total. The summed E-state index contributed by atoms with van der Waals surface area (Å²) in [7, 11) is 2.00. The number of hydrogen-bond acceptors (Lipinski definition) is 4. The monoisotopic (exact) mass is 316 g/mol. The van der Waals surface area contributed by atoms with E-state index in [9.17, 15) is 0 Å². The minimum Gasteiger partial charge on any atom is -0.491 e. The van der Waals surface area contributed by atoms with Crippen molar-refractivity contribution in [1.82, 2.24) is 15.0 Å². The maximum Gasteiger partial charge on any atom is 0.142 e. The Balaban J connectivity index is 1.70. The predicted octanol–water partition coefficient (Wildman–Crippen LogP) is 3.52. The molecular formula is C16H17ClN4O. The molecular weight excluding hydrogens is 300 g/mol. The summed E-state index contributed by atoms with van der Waals surface area (Å²) < 4.78 is 5.81. The fourth-order valence-corrected chi connectivity index (χ4v) is 2.33. The highest BCUT2D eigenvalue weighted by molar-refractivity contribution is 6.30. The lowest BCUT2D eigenvalue weighted by Crippen LogP contribution is -2.34. The van der Waals surface area contributed by atoms with Crippen molar-refractivity contribution in [3.05, 3.63) is 47.9 Å². The van der Waals surface area contributed by atoms with Gasteiger partial charge in [-0.05, 0) is 37.3 Å². The Morgan fingerprint density at radius 2 is 2.00 bits per heavy atom. The van der Waals surface area contributed by atoms with E-state index in [1.807, 2.05) is 43.6 Å². The first-order valence-corrected chi connectivity index (χ1v) is 7.42. The fourth-order valence-electron chi connectivity index (χ4n) is 2.21. The molecule has 3 aromatic rings. The van der Waals surface area contributed by atoms with Crippen LogP contribution in [0.25, 0.3) is 11.0 Å². The number of hydrogen-bond donors (Lipinski definition) is 1. The number of nitrogens with zero attached hydrogens (tertiary/aromatic N) is 3. The lowest BCUT2D eigenvalue weighted by Gasteiger charge is -2.26. The van der Waals surface area contributed by atoms with Crippen molar-refractivity contribution in [3.63, 3.8) is 0 Å². The van der Waals surface area contributed by atoms with Crippen LogP contribution >= 0.6 is 11.6 Å². The summed E-state index contributed by atoms with van der Waals surface area (Å²) in [5.74, 6) is 1.69. The van der Waals surface area contributed by atoms with Crippen LogP contribution in [-0.2, 0) is 0 Å². The van der Waals surface area contributed by atoms with Gasteiger partial charge in [0, 0.05) is 18.3 Å². The smallest absolute Gasteiger partial charge is 0.142 e. The Hall–Kier alpha value is -2.27. The summed E-state index contributed by atoms with van der Waals surface area (Å²) in [6.45, 7) is 2.64. The van der Waals surface area contributed by atoms with E-state index in [4.69, 9.17) is 16.3 Å². The first-order valence-electron chi connectivity index (χ1n) is 7.04. The molecule has 0 saturated carbocycles.